The van der Waals surface area contributed by atoms with E-state index in [1.165, 1.54) is 0 Å². The van der Waals surface area contributed by atoms with E-state index in [0.717, 1.165) is 19.4 Å². The normalized spacial score (nSPS) is 9.00. The Labute approximate surface area is 67.7 Å². The second kappa shape index (κ2) is 4.51. The van der Waals surface area contributed by atoms with Crippen LogP contribution < -0.4 is 4.57 Å². The molecule has 1 heteroatoms. The first-order chi connectivity index (χ1) is 5.43. The quantitative estimate of drug-likeness (QED) is 0.344. The van der Waals surface area contributed by atoms with E-state index in [4.69, 9.17) is 6.42 Å². The number of pyridine rings is 1. The van der Waals surface area contributed by atoms with Gasteiger partial charge in [-0.1, -0.05) is 6.07 Å². The Morgan fingerprint density at radius 2 is 1.91 bits per heavy atom. The third-order valence-electron chi connectivity index (χ3n) is 1.51. The molecule has 0 saturated carbocycles. The van der Waals surface area contributed by atoms with Crippen LogP contribution in [0, 0.1) is 12.3 Å². The maximum Gasteiger partial charge on any atom is 0.168 e. The van der Waals surface area contributed by atoms with E-state index in [1.807, 2.05) is 18.2 Å². The van der Waals surface area contributed by atoms with E-state index < -0.39 is 0 Å². The van der Waals surface area contributed by atoms with Crippen molar-refractivity contribution in [1.29, 1.82) is 0 Å². The molecule has 0 aliphatic heterocycles. The predicted molar refractivity (Wildman–Crippen MR) is 44.7 cm³/mol. The highest BCUT2D eigenvalue weighted by atomic mass is 14.9. The van der Waals surface area contributed by atoms with Crippen molar-refractivity contribution in [3.8, 4) is 12.3 Å². The van der Waals surface area contributed by atoms with E-state index in [2.05, 4.69) is 22.9 Å². The van der Waals surface area contributed by atoms with Crippen LogP contribution in [0.25, 0.3) is 0 Å². The van der Waals surface area contributed by atoms with Crippen LogP contribution in [-0.4, -0.2) is 0 Å². The van der Waals surface area contributed by atoms with E-state index in [9.17, 15) is 0 Å². The second-order valence-electron chi connectivity index (χ2n) is 2.42. The van der Waals surface area contributed by atoms with Crippen molar-refractivity contribution in [2.45, 2.75) is 19.4 Å². The summed E-state index contributed by atoms with van der Waals surface area (Å²) in [5, 5.41) is 0. The lowest BCUT2D eigenvalue weighted by Gasteiger charge is -1.91. The molecule has 0 fully saturated rings. The fourth-order valence-corrected chi connectivity index (χ4v) is 0.947. The Morgan fingerprint density at radius 1 is 1.18 bits per heavy atom. The average molecular weight is 146 g/mol. The molecular weight excluding hydrogens is 134 g/mol. The Balaban J connectivity index is 2.35. The van der Waals surface area contributed by atoms with Gasteiger partial charge in [-0.05, 0) is 0 Å². The molecule has 0 spiro atoms. The minimum atomic E-state index is 0.863. The second-order valence-corrected chi connectivity index (χ2v) is 2.42. The van der Waals surface area contributed by atoms with E-state index in [0.29, 0.717) is 0 Å². The van der Waals surface area contributed by atoms with Crippen LogP contribution in [0.4, 0.5) is 0 Å². The minimum absolute atomic E-state index is 0.863. The summed E-state index contributed by atoms with van der Waals surface area (Å²) in [6.07, 6.45) is 11.2. The monoisotopic (exact) mass is 146 g/mol. The van der Waals surface area contributed by atoms with E-state index in [1.54, 1.807) is 0 Å². The summed E-state index contributed by atoms with van der Waals surface area (Å²) in [6, 6.07) is 6.06. The van der Waals surface area contributed by atoms with Gasteiger partial charge < -0.3 is 0 Å². The van der Waals surface area contributed by atoms with Gasteiger partial charge in [0.2, 0.25) is 0 Å². The van der Waals surface area contributed by atoms with Gasteiger partial charge in [-0.2, -0.15) is 0 Å². The fraction of sp³-hybridized carbons (Fsp3) is 0.300. The van der Waals surface area contributed by atoms with Crippen LogP contribution >= 0.6 is 0 Å². The molecule has 0 aliphatic rings. The zero-order valence-electron chi connectivity index (χ0n) is 6.53. The lowest BCUT2D eigenvalue weighted by atomic mass is 10.3. The number of terminal acetylenes is 1. The lowest BCUT2D eigenvalue weighted by Crippen LogP contribution is -2.31. The maximum absolute atomic E-state index is 5.13. The fourth-order valence-electron chi connectivity index (χ4n) is 0.947. The van der Waals surface area contributed by atoms with Gasteiger partial charge in [0.05, 0.1) is 0 Å². The highest BCUT2D eigenvalue weighted by molar-refractivity contribution is 4.84. The molecule has 0 radical (unpaired) electrons. The Hall–Kier alpha value is -1.29. The molecule has 1 aromatic rings. The molecule has 0 N–H and O–H groups in total. The van der Waals surface area contributed by atoms with Crippen molar-refractivity contribution < 1.29 is 4.57 Å². The molecule has 0 saturated heterocycles. The maximum atomic E-state index is 5.13. The van der Waals surface area contributed by atoms with Crippen LogP contribution in [0.1, 0.15) is 12.8 Å². The first kappa shape index (κ1) is 7.81. The van der Waals surface area contributed by atoms with Gasteiger partial charge in [0.15, 0.2) is 12.4 Å². The van der Waals surface area contributed by atoms with Gasteiger partial charge in [-0.15, -0.1) is 12.3 Å². The Morgan fingerprint density at radius 3 is 2.55 bits per heavy atom. The molecule has 0 unspecified atom stereocenters. The number of rotatable bonds is 3. The van der Waals surface area contributed by atoms with Gasteiger partial charge in [0.25, 0.3) is 0 Å². The average Bonchev–Trinajstić information content (AvgIpc) is 2.07. The van der Waals surface area contributed by atoms with Gasteiger partial charge in [0.1, 0.15) is 6.54 Å². The molecule has 1 nitrogen and oxygen atoms in total. The number of aromatic nitrogens is 1. The molecule has 0 atom stereocenters. The van der Waals surface area contributed by atoms with E-state index >= 15 is 0 Å². The zero-order valence-corrected chi connectivity index (χ0v) is 6.53. The standard InChI is InChI=1S/C10H12N/c1-2-3-5-8-11-9-6-4-7-10-11/h1,4,6-7,9-10H,3,5,8H2/q+1. The number of nitrogens with zero attached hydrogens (tertiary/aromatic N) is 1. The molecular formula is C10H12N+. The van der Waals surface area contributed by atoms with Crippen molar-refractivity contribution >= 4 is 0 Å². The summed E-state index contributed by atoms with van der Waals surface area (Å²) in [5.74, 6) is 2.62. The Kier molecular flexibility index (Phi) is 3.21. The number of aryl methyl sites for hydroxylation is 1. The van der Waals surface area contributed by atoms with Gasteiger partial charge in [0, 0.05) is 25.0 Å². The molecule has 1 aromatic heterocycles. The van der Waals surface area contributed by atoms with Crippen molar-refractivity contribution in [2.75, 3.05) is 0 Å². The van der Waals surface area contributed by atoms with Crippen molar-refractivity contribution in [2.24, 2.45) is 0 Å². The first-order valence-electron chi connectivity index (χ1n) is 3.81. The minimum Gasteiger partial charge on any atom is -0.205 e. The highest BCUT2D eigenvalue weighted by Gasteiger charge is 1.94. The Bertz CT molecular complexity index is 233. The topological polar surface area (TPSA) is 3.88 Å². The molecule has 1 heterocycles. The summed E-state index contributed by atoms with van der Waals surface area (Å²) < 4.78 is 2.14. The number of hydrogen-bond donors (Lipinski definition) is 0. The summed E-state index contributed by atoms with van der Waals surface area (Å²) in [7, 11) is 0. The van der Waals surface area contributed by atoms with Crippen molar-refractivity contribution in [1.82, 2.24) is 0 Å². The molecule has 0 aromatic carbocycles. The molecule has 0 bridgehead atoms. The summed E-state index contributed by atoms with van der Waals surface area (Å²) >= 11 is 0. The van der Waals surface area contributed by atoms with Crippen LogP contribution in [0.2, 0.25) is 0 Å². The largest absolute Gasteiger partial charge is 0.205 e. The molecule has 0 amide bonds. The SMILES string of the molecule is C#CCCC[n+]1ccccc1. The number of unbranched alkanes of at least 4 members (excludes halogenated alkanes) is 1. The third-order valence-corrected chi connectivity index (χ3v) is 1.51. The van der Waals surface area contributed by atoms with Crippen molar-refractivity contribution in [3.05, 3.63) is 30.6 Å². The smallest absolute Gasteiger partial charge is 0.168 e. The van der Waals surface area contributed by atoms with Gasteiger partial charge in [-0.25, -0.2) is 4.57 Å². The van der Waals surface area contributed by atoms with Gasteiger partial charge in [-0.3, -0.25) is 0 Å². The summed E-state index contributed by atoms with van der Waals surface area (Å²) in [4.78, 5) is 0. The van der Waals surface area contributed by atoms with Gasteiger partial charge >= 0.3 is 0 Å². The molecule has 56 valence electrons. The molecule has 1 rings (SSSR count). The first-order valence-corrected chi connectivity index (χ1v) is 3.81. The van der Waals surface area contributed by atoms with Crippen LogP contribution in [0.3, 0.4) is 0 Å². The number of hydrogen-bond acceptors (Lipinski definition) is 0. The highest BCUT2D eigenvalue weighted by Crippen LogP contribution is 1.85. The summed E-state index contributed by atoms with van der Waals surface area (Å²) in [6.45, 7) is 1.02. The predicted octanol–water partition coefficient (Wildman–Crippen LogP) is 1.39. The van der Waals surface area contributed by atoms with Crippen LogP contribution in [-0.2, 0) is 6.54 Å². The van der Waals surface area contributed by atoms with E-state index in [-0.39, 0.29) is 0 Å². The molecule has 0 aliphatic carbocycles. The van der Waals surface area contributed by atoms with Crippen LogP contribution in [0.5, 0.6) is 0 Å². The third kappa shape index (κ3) is 2.86. The van der Waals surface area contributed by atoms with Crippen LogP contribution in [0.15, 0.2) is 30.6 Å². The zero-order chi connectivity index (χ0) is 7.94. The lowest BCUT2D eigenvalue weighted by molar-refractivity contribution is -0.697. The van der Waals surface area contributed by atoms with Crippen molar-refractivity contribution in [3.63, 3.8) is 0 Å². The summed E-state index contributed by atoms with van der Waals surface area (Å²) in [5.41, 5.74) is 0. The molecule has 11 heavy (non-hydrogen) atoms.